The Morgan fingerprint density at radius 3 is 2.82 bits per heavy atom. The Balaban J connectivity index is 2.52. The SMILES string of the molecule is CCCOCCc1nc(C(=O)OCC)c(N)o1. The molecule has 1 heterocycles. The van der Waals surface area contributed by atoms with Crippen LogP contribution in [0.25, 0.3) is 0 Å². The van der Waals surface area contributed by atoms with Gasteiger partial charge in [0.25, 0.3) is 0 Å². The van der Waals surface area contributed by atoms with E-state index >= 15 is 0 Å². The topological polar surface area (TPSA) is 87.6 Å². The van der Waals surface area contributed by atoms with E-state index in [1.54, 1.807) is 6.92 Å². The Labute approximate surface area is 100 Å². The first-order valence-corrected chi connectivity index (χ1v) is 5.69. The summed E-state index contributed by atoms with van der Waals surface area (Å²) in [6, 6.07) is 0. The fraction of sp³-hybridized carbons (Fsp3) is 0.636. The highest BCUT2D eigenvalue weighted by molar-refractivity contribution is 5.91. The van der Waals surface area contributed by atoms with E-state index in [0.717, 1.165) is 6.42 Å². The summed E-state index contributed by atoms with van der Waals surface area (Å²) in [5.74, 6) is -0.176. The molecule has 0 fully saturated rings. The van der Waals surface area contributed by atoms with E-state index in [1.807, 2.05) is 6.92 Å². The number of hydrogen-bond acceptors (Lipinski definition) is 6. The maximum atomic E-state index is 11.4. The number of rotatable bonds is 7. The lowest BCUT2D eigenvalue weighted by molar-refractivity contribution is 0.0521. The molecule has 0 radical (unpaired) electrons. The molecule has 0 atom stereocenters. The summed E-state index contributed by atoms with van der Waals surface area (Å²) in [6.45, 7) is 5.22. The van der Waals surface area contributed by atoms with Crippen LogP contribution in [0.2, 0.25) is 0 Å². The van der Waals surface area contributed by atoms with E-state index in [9.17, 15) is 4.79 Å². The van der Waals surface area contributed by atoms with Crippen molar-refractivity contribution < 1.29 is 18.7 Å². The lowest BCUT2D eigenvalue weighted by Gasteiger charge is -1.98. The maximum absolute atomic E-state index is 11.4. The summed E-state index contributed by atoms with van der Waals surface area (Å²) in [6.07, 6.45) is 1.45. The quantitative estimate of drug-likeness (QED) is 0.574. The molecule has 2 N–H and O–H groups in total. The molecule has 96 valence electrons. The van der Waals surface area contributed by atoms with Crippen LogP contribution in [-0.4, -0.2) is 30.8 Å². The van der Waals surface area contributed by atoms with Crippen molar-refractivity contribution >= 4 is 11.9 Å². The zero-order valence-electron chi connectivity index (χ0n) is 10.2. The summed E-state index contributed by atoms with van der Waals surface area (Å²) in [7, 11) is 0. The van der Waals surface area contributed by atoms with Gasteiger partial charge in [-0.3, -0.25) is 0 Å². The number of anilines is 1. The van der Waals surface area contributed by atoms with E-state index in [0.29, 0.717) is 25.5 Å². The number of oxazole rings is 1. The normalized spacial score (nSPS) is 10.5. The first-order valence-electron chi connectivity index (χ1n) is 5.69. The van der Waals surface area contributed by atoms with Crippen LogP contribution in [0.1, 0.15) is 36.6 Å². The predicted molar refractivity (Wildman–Crippen MR) is 61.7 cm³/mol. The number of hydrogen-bond donors (Lipinski definition) is 1. The number of esters is 1. The van der Waals surface area contributed by atoms with E-state index in [4.69, 9.17) is 19.6 Å². The molecule has 1 aromatic rings. The molecule has 0 unspecified atom stereocenters. The third-order valence-electron chi connectivity index (χ3n) is 1.98. The average molecular weight is 242 g/mol. The van der Waals surface area contributed by atoms with Crippen LogP contribution in [0.5, 0.6) is 0 Å². The minimum Gasteiger partial charge on any atom is -0.461 e. The van der Waals surface area contributed by atoms with Gasteiger partial charge in [-0.1, -0.05) is 6.92 Å². The predicted octanol–water partition coefficient (Wildman–Crippen LogP) is 1.40. The van der Waals surface area contributed by atoms with Crippen molar-refractivity contribution in [1.82, 2.24) is 4.98 Å². The van der Waals surface area contributed by atoms with Gasteiger partial charge >= 0.3 is 5.97 Å². The van der Waals surface area contributed by atoms with Crippen LogP contribution in [0.4, 0.5) is 5.88 Å². The number of carbonyl (C=O) groups excluding carboxylic acids is 1. The Hall–Kier alpha value is -1.56. The smallest absolute Gasteiger partial charge is 0.362 e. The van der Waals surface area contributed by atoms with Gasteiger partial charge < -0.3 is 19.6 Å². The molecule has 0 aliphatic heterocycles. The highest BCUT2D eigenvalue weighted by Crippen LogP contribution is 2.14. The van der Waals surface area contributed by atoms with Gasteiger partial charge in [0.2, 0.25) is 11.6 Å². The molecule has 0 aliphatic rings. The minimum atomic E-state index is -0.561. The fourth-order valence-electron chi connectivity index (χ4n) is 1.24. The van der Waals surface area contributed by atoms with Gasteiger partial charge in [-0.15, -0.1) is 0 Å². The first-order chi connectivity index (χ1) is 8.19. The molecule has 0 aliphatic carbocycles. The van der Waals surface area contributed by atoms with E-state index in [2.05, 4.69) is 4.98 Å². The van der Waals surface area contributed by atoms with Crippen LogP contribution in [0.15, 0.2) is 4.42 Å². The second-order valence-electron chi connectivity index (χ2n) is 3.40. The van der Waals surface area contributed by atoms with Crippen molar-refractivity contribution in [2.24, 2.45) is 0 Å². The van der Waals surface area contributed by atoms with Crippen molar-refractivity contribution in [1.29, 1.82) is 0 Å². The maximum Gasteiger partial charge on any atom is 0.362 e. The van der Waals surface area contributed by atoms with Crippen molar-refractivity contribution in [2.45, 2.75) is 26.7 Å². The van der Waals surface area contributed by atoms with Gasteiger partial charge in [0, 0.05) is 13.0 Å². The molecular formula is C11H18N2O4. The first kappa shape index (κ1) is 13.5. The van der Waals surface area contributed by atoms with Crippen LogP contribution >= 0.6 is 0 Å². The number of nitrogens with two attached hydrogens (primary N) is 1. The summed E-state index contributed by atoms with van der Waals surface area (Å²) < 4.78 is 15.2. The number of ether oxygens (including phenoxy) is 2. The van der Waals surface area contributed by atoms with Gasteiger partial charge in [0.1, 0.15) is 0 Å². The minimum absolute atomic E-state index is 0.00561. The van der Waals surface area contributed by atoms with E-state index in [-0.39, 0.29) is 18.2 Å². The summed E-state index contributed by atoms with van der Waals surface area (Å²) in [5.41, 5.74) is 5.57. The third kappa shape index (κ3) is 4.07. The molecule has 0 spiro atoms. The average Bonchev–Trinajstić information content (AvgIpc) is 2.66. The highest BCUT2D eigenvalue weighted by atomic mass is 16.5. The third-order valence-corrected chi connectivity index (χ3v) is 1.98. The fourth-order valence-corrected chi connectivity index (χ4v) is 1.24. The molecule has 1 aromatic heterocycles. The summed E-state index contributed by atoms with van der Waals surface area (Å²) in [4.78, 5) is 15.4. The Bertz CT molecular complexity index is 362. The highest BCUT2D eigenvalue weighted by Gasteiger charge is 2.18. The Morgan fingerprint density at radius 1 is 1.41 bits per heavy atom. The van der Waals surface area contributed by atoms with Crippen LogP contribution in [0.3, 0.4) is 0 Å². The van der Waals surface area contributed by atoms with Crippen molar-refractivity contribution in [3.8, 4) is 0 Å². The molecule has 6 nitrogen and oxygen atoms in total. The standard InChI is InChI=1S/C11H18N2O4/c1-3-6-15-7-5-8-13-9(10(12)17-8)11(14)16-4-2/h3-7,12H2,1-2H3. The molecule has 0 amide bonds. The van der Waals surface area contributed by atoms with E-state index in [1.165, 1.54) is 0 Å². The van der Waals surface area contributed by atoms with Gasteiger partial charge in [0.15, 0.2) is 5.89 Å². The van der Waals surface area contributed by atoms with Crippen molar-refractivity contribution in [3.05, 3.63) is 11.6 Å². The van der Waals surface area contributed by atoms with Gasteiger partial charge in [-0.25, -0.2) is 9.78 Å². The number of carbonyl (C=O) groups is 1. The zero-order valence-corrected chi connectivity index (χ0v) is 10.2. The zero-order chi connectivity index (χ0) is 12.7. The molecule has 0 saturated heterocycles. The molecular weight excluding hydrogens is 224 g/mol. The van der Waals surface area contributed by atoms with Crippen LogP contribution in [0, 0.1) is 0 Å². The second-order valence-corrected chi connectivity index (χ2v) is 3.40. The van der Waals surface area contributed by atoms with Crippen LogP contribution in [-0.2, 0) is 15.9 Å². The number of nitrogens with zero attached hydrogens (tertiary/aromatic N) is 1. The van der Waals surface area contributed by atoms with E-state index < -0.39 is 5.97 Å². The monoisotopic (exact) mass is 242 g/mol. The molecule has 17 heavy (non-hydrogen) atoms. The lowest BCUT2D eigenvalue weighted by atomic mass is 10.4. The lowest BCUT2D eigenvalue weighted by Crippen LogP contribution is -2.07. The summed E-state index contributed by atoms with van der Waals surface area (Å²) >= 11 is 0. The molecule has 6 heteroatoms. The van der Waals surface area contributed by atoms with Crippen molar-refractivity contribution in [3.63, 3.8) is 0 Å². The van der Waals surface area contributed by atoms with Gasteiger partial charge in [-0.05, 0) is 13.3 Å². The number of aromatic nitrogens is 1. The molecule has 0 saturated carbocycles. The molecule has 1 rings (SSSR count). The molecule has 0 bridgehead atoms. The number of nitrogen functional groups attached to an aromatic ring is 1. The second kappa shape index (κ2) is 6.90. The van der Waals surface area contributed by atoms with Crippen molar-refractivity contribution in [2.75, 3.05) is 25.6 Å². The van der Waals surface area contributed by atoms with Gasteiger partial charge in [-0.2, -0.15) is 0 Å². The Kier molecular flexibility index (Phi) is 5.48. The Morgan fingerprint density at radius 2 is 2.18 bits per heavy atom. The van der Waals surface area contributed by atoms with Gasteiger partial charge in [0.05, 0.1) is 13.2 Å². The summed E-state index contributed by atoms with van der Waals surface area (Å²) in [5, 5.41) is 0. The molecule has 0 aromatic carbocycles. The van der Waals surface area contributed by atoms with Crippen LogP contribution < -0.4 is 5.73 Å². The largest absolute Gasteiger partial charge is 0.461 e.